The molecular formula is C19H26FN3O. The van der Waals surface area contributed by atoms with E-state index in [4.69, 9.17) is 0 Å². The summed E-state index contributed by atoms with van der Waals surface area (Å²) in [7, 11) is 0. The largest absolute Gasteiger partial charge is 0.326 e. The lowest BCUT2D eigenvalue weighted by Gasteiger charge is -2.09. The maximum Gasteiger partial charge on any atom is 0.224 e. The number of aromatic nitrogens is 2. The molecule has 24 heavy (non-hydrogen) atoms. The van der Waals surface area contributed by atoms with Crippen molar-refractivity contribution in [1.82, 2.24) is 9.78 Å². The molecule has 0 atom stereocenters. The molecule has 130 valence electrons. The summed E-state index contributed by atoms with van der Waals surface area (Å²) in [5.74, 6) is 0.0618. The molecule has 0 saturated heterocycles. The molecule has 0 fully saturated rings. The van der Waals surface area contributed by atoms with Crippen LogP contribution >= 0.6 is 0 Å². The second-order valence-electron chi connectivity index (χ2n) is 6.73. The van der Waals surface area contributed by atoms with E-state index in [1.807, 2.05) is 25.5 Å². The maximum atomic E-state index is 13.3. The number of aryl methyl sites for hydroxylation is 2. The molecule has 1 aromatic heterocycles. The Labute approximate surface area is 143 Å². The summed E-state index contributed by atoms with van der Waals surface area (Å²) in [5, 5.41) is 7.37. The van der Waals surface area contributed by atoms with Crippen molar-refractivity contribution in [2.45, 2.75) is 54.0 Å². The minimum atomic E-state index is -0.349. The maximum absolute atomic E-state index is 13.3. The zero-order valence-electron chi connectivity index (χ0n) is 15.1. The number of hydrogen-bond acceptors (Lipinski definition) is 2. The van der Waals surface area contributed by atoms with E-state index in [0.29, 0.717) is 24.4 Å². The van der Waals surface area contributed by atoms with Crippen molar-refractivity contribution < 1.29 is 9.18 Å². The van der Waals surface area contributed by atoms with Crippen molar-refractivity contribution in [1.29, 1.82) is 0 Å². The van der Waals surface area contributed by atoms with E-state index < -0.39 is 0 Å². The van der Waals surface area contributed by atoms with E-state index in [9.17, 15) is 9.18 Å². The fourth-order valence-corrected chi connectivity index (χ4v) is 2.80. The van der Waals surface area contributed by atoms with Crippen LogP contribution in [0.5, 0.6) is 0 Å². The van der Waals surface area contributed by atoms with Gasteiger partial charge in [-0.2, -0.15) is 5.10 Å². The van der Waals surface area contributed by atoms with E-state index in [1.165, 1.54) is 12.1 Å². The molecule has 0 bridgehead atoms. The highest BCUT2D eigenvalue weighted by atomic mass is 19.1. The van der Waals surface area contributed by atoms with Gasteiger partial charge < -0.3 is 5.32 Å². The third-order valence-corrected chi connectivity index (χ3v) is 4.15. The zero-order valence-corrected chi connectivity index (χ0v) is 15.1. The van der Waals surface area contributed by atoms with Crippen LogP contribution < -0.4 is 5.32 Å². The second-order valence-corrected chi connectivity index (χ2v) is 6.73. The molecule has 2 rings (SSSR count). The molecule has 5 heteroatoms. The van der Waals surface area contributed by atoms with Crippen molar-refractivity contribution in [2.24, 2.45) is 5.92 Å². The predicted octanol–water partition coefficient (Wildman–Crippen LogP) is 4.17. The van der Waals surface area contributed by atoms with E-state index in [1.54, 1.807) is 6.07 Å². The Morgan fingerprint density at radius 2 is 2.00 bits per heavy atom. The van der Waals surface area contributed by atoms with Gasteiger partial charge in [0, 0.05) is 24.3 Å². The van der Waals surface area contributed by atoms with Crippen molar-refractivity contribution >= 4 is 11.6 Å². The molecule has 0 spiro atoms. The molecule has 1 amide bonds. The number of halogens is 1. The van der Waals surface area contributed by atoms with Crippen LogP contribution in [-0.2, 0) is 17.8 Å². The Morgan fingerprint density at radius 1 is 1.29 bits per heavy atom. The van der Waals surface area contributed by atoms with Gasteiger partial charge >= 0.3 is 0 Å². The summed E-state index contributed by atoms with van der Waals surface area (Å²) < 4.78 is 15.3. The minimum absolute atomic E-state index is 0.112. The highest BCUT2D eigenvalue weighted by Crippen LogP contribution is 2.19. The van der Waals surface area contributed by atoms with Gasteiger partial charge in [0.25, 0.3) is 0 Å². The van der Waals surface area contributed by atoms with E-state index in [2.05, 4.69) is 24.3 Å². The van der Waals surface area contributed by atoms with Crippen molar-refractivity contribution in [3.8, 4) is 0 Å². The first-order valence-corrected chi connectivity index (χ1v) is 8.36. The highest BCUT2D eigenvalue weighted by molar-refractivity contribution is 5.91. The first kappa shape index (κ1) is 18.2. The lowest BCUT2D eigenvalue weighted by atomic mass is 10.1. The topological polar surface area (TPSA) is 46.9 Å². The Kier molecular flexibility index (Phi) is 5.75. The number of benzene rings is 1. The molecular weight excluding hydrogens is 305 g/mol. The molecule has 0 aliphatic heterocycles. The Balaban J connectivity index is 2.01. The molecule has 1 N–H and O–H groups in total. The average molecular weight is 331 g/mol. The van der Waals surface area contributed by atoms with Crippen LogP contribution in [-0.4, -0.2) is 15.7 Å². The molecule has 0 aliphatic carbocycles. The minimum Gasteiger partial charge on any atom is -0.326 e. The molecule has 1 heterocycles. The van der Waals surface area contributed by atoms with Gasteiger partial charge in [-0.05, 0) is 56.4 Å². The Hall–Kier alpha value is -2.17. The van der Waals surface area contributed by atoms with Gasteiger partial charge in [-0.3, -0.25) is 9.48 Å². The summed E-state index contributed by atoms with van der Waals surface area (Å²) in [4.78, 5) is 12.2. The number of nitrogens with one attached hydrogen (secondary N) is 1. The normalized spacial score (nSPS) is 11.1. The molecule has 0 radical (unpaired) electrons. The van der Waals surface area contributed by atoms with Gasteiger partial charge in [0.05, 0.1) is 5.69 Å². The number of nitrogens with zero attached hydrogens (tertiary/aromatic N) is 2. The number of anilines is 1. The summed E-state index contributed by atoms with van der Waals surface area (Å²) in [6.45, 7) is 11.1. The molecule has 0 aliphatic rings. The Bertz CT molecular complexity index is 734. The lowest BCUT2D eigenvalue weighted by molar-refractivity contribution is -0.116. The highest BCUT2D eigenvalue weighted by Gasteiger charge is 2.14. The Morgan fingerprint density at radius 3 is 2.67 bits per heavy atom. The first-order valence-electron chi connectivity index (χ1n) is 8.36. The zero-order chi connectivity index (χ0) is 17.9. The van der Waals surface area contributed by atoms with Crippen molar-refractivity contribution in [2.75, 3.05) is 5.32 Å². The van der Waals surface area contributed by atoms with Crippen LogP contribution in [0.1, 0.15) is 42.8 Å². The van der Waals surface area contributed by atoms with Gasteiger partial charge in [-0.25, -0.2) is 4.39 Å². The van der Waals surface area contributed by atoms with Crippen molar-refractivity contribution in [3.05, 3.63) is 46.5 Å². The van der Waals surface area contributed by atoms with Crippen LogP contribution in [0.15, 0.2) is 18.2 Å². The summed E-state index contributed by atoms with van der Waals surface area (Å²) in [6, 6.07) is 4.40. The average Bonchev–Trinajstić information content (AvgIpc) is 2.74. The van der Waals surface area contributed by atoms with Gasteiger partial charge in [-0.1, -0.05) is 19.9 Å². The standard InChI is InChI=1S/C19H26FN3O/c1-12(2)11-23-15(5)17(14(4)22-23)8-9-19(24)21-18-10-16(20)7-6-13(18)3/h6-7,10,12H,8-9,11H2,1-5H3,(H,21,24). The number of carbonyl (C=O) groups excluding carboxylic acids is 1. The smallest absolute Gasteiger partial charge is 0.224 e. The van der Waals surface area contributed by atoms with Crippen molar-refractivity contribution in [3.63, 3.8) is 0 Å². The predicted molar refractivity (Wildman–Crippen MR) is 94.6 cm³/mol. The quantitative estimate of drug-likeness (QED) is 0.863. The van der Waals surface area contributed by atoms with E-state index >= 15 is 0 Å². The third-order valence-electron chi connectivity index (χ3n) is 4.15. The van der Waals surface area contributed by atoms with Gasteiger partial charge in [0.15, 0.2) is 0 Å². The fourth-order valence-electron chi connectivity index (χ4n) is 2.80. The number of rotatable bonds is 6. The first-order chi connectivity index (χ1) is 11.3. The SMILES string of the molecule is Cc1ccc(F)cc1NC(=O)CCc1c(C)nn(CC(C)C)c1C. The van der Waals surface area contributed by atoms with Gasteiger partial charge in [0.2, 0.25) is 5.91 Å². The summed E-state index contributed by atoms with van der Waals surface area (Å²) in [6.07, 6.45) is 0.987. The molecule has 1 aromatic carbocycles. The monoisotopic (exact) mass is 331 g/mol. The summed E-state index contributed by atoms with van der Waals surface area (Å²) in [5.41, 5.74) is 4.60. The summed E-state index contributed by atoms with van der Waals surface area (Å²) >= 11 is 0. The molecule has 2 aromatic rings. The van der Waals surface area contributed by atoms with Gasteiger partial charge in [0.1, 0.15) is 5.82 Å². The number of hydrogen-bond donors (Lipinski definition) is 1. The number of carbonyl (C=O) groups is 1. The molecule has 0 saturated carbocycles. The van der Waals surface area contributed by atoms with Crippen LogP contribution in [0.3, 0.4) is 0 Å². The second kappa shape index (κ2) is 7.60. The van der Waals surface area contributed by atoms with Crippen LogP contribution in [0.4, 0.5) is 10.1 Å². The third kappa shape index (κ3) is 4.43. The molecule has 4 nitrogen and oxygen atoms in total. The van der Waals surface area contributed by atoms with E-state index in [0.717, 1.165) is 29.1 Å². The van der Waals surface area contributed by atoms with E-state index in [-0.39, 0.29) is 11.7 Å². The van der Waals surface area contributed by atoms with Crippen LogP contribution in [0.25, 0.3) is 0 Å². The lowest BCUT2D eigenvalue weighted by Crippen LogP contribution is -2.14. The van der Waals surface area contributed by atoms with Crippen LogP contribution in [0.2, 0.25) is 0 Å². The van der Waals surface area contributed by atoms with Gasteiger partial charge in [-0.15, -0.1) is 0 Å². The number of amides is 1. The molecule has 0 unspecified atom stereocenters. The van der Waals surface area contributed by atoms with Crippen LogP contribution in [0, 0.1) is 32.5 Å². The fraction of sp³-hybridized carbons (Fsp3) is 0.474.